The van der Waals surface area contributed by atoms with E-state index in [4.69, 9.17) is 11.6 Å². The minimum atomic E-state index is 0.124. The van der Waals surface area contributed by atoms with Crippen LogP contribution < -0.4 is 4.90 Å². The van der Waals surface area contributed by atoms with Crippen LogP contribution in [-0.2, 0) is 6.54 Å². The second-order valence-corrected chi connectivity index (χ2v) is 4.84. The lowest BCUT2D eigenvalue weighted by Gasteiger charge is -2.21. The van der Waals surface area contributed by atoms with Crippen molar-refractivity contribution in [2.24, 2.45) is 0 Å². The number of phenols is 1. The van der Waals surface area contributed by atoms with Gasteiger partial charge in [-0.2, -0.15) is 0 Å². The third-order valence-corrected chi connectivity index (χ3v) is 3.26. The highest BCUT2D eigenvalue weighted by Crippen LogP contribution is 2.25. The number of hydrogen-bond donors (Lipinski definition) is 1. The van der Waals surface area contributed by atoms with Gasteiger partial charge in [0.1, 0.15) is 5.75 Å². The van der Waals surface area contributed by atoms with E-state index in [1.54, 1.807) is 12.1 Å². The Bertz CT molecular complexity index is 554. The highest BCUT2D eigenvalue weighted by Gasteiger charge is 2.06. The van der Waals surface area contributed by atoms with Gasteiger partial charge >= 0.3 is 0 Å². The van der Waals surface area contributed by atoms with E-state index in [-0.39, 0.29) is 5.75 Å². The van der Waals surface area contributed by atoms with Crippen molar-refractivity contribution >= 4 is 17.3 Å². The predicted molar refractivity (Wildman–Crippen MR) is 76.4 cm³/mol. The van der Waals surface area contributed by atoms with Crippen LogP contribution in [0.1, 0.15) is 11.1 Å². The molecular formula is C15H16ClNO. The number of aromatic hydroxyl groups is 1. The lowest BCUT2D eigenvalue weighted by atomic mass is 10.1. The molecule has 0 aliphatic heterocycles. The third kappa shape index (κ3) is 2.77. The van der Waals surface area contributed by atoms with Crippen LogP contribution in [0.15, 0.2) is 42.5 Å². The molecule has 0 saturated heterocycles. The highest BCUT2D eigenvalue weighted by atomic mass is 35.5. The Kier molecular flexibility index (Phi) is 3.78. The first-order chi connectivity index (χ1) is 8.58. The average molecular weight is 262 g/mol. The summed E-state index contributed by atoms with van der Waals surface area (Å²) in [4.78, 5) is 2.16. The Balaban J connectivity index is 2.19. The molecule has 0 atom stereocenters. The van der Waals surface area contributed by atoms with Crippen LogP contribution in [-0.4, -0.2) is 12.2 Å². The summed E-state index contributed by atoms with van der Waals surface area (Å²) in [6.07, 6.45) is 0. The number of para-hydroxylation sites is 1. The van der Waals surface area contributed by atoms with Crippen LogP contribution >= 0.6 is 11.6 Å². The van der Waals surface area contributed by atoms with Crippen LogP contribution in [0.2, 0.25) is 5.02 Å². The van der Waals surface area contributed by atoms with Gasteiger partial charge in [-0.3, -0.25) is 0 Å². The summed E-state index contributed by atoms with van der Waals surface area (Å²) in [5.74, 6) is 0.124. The largest absolute Gasteiger partial charge is 0.506 e. The quantitative estimate of drug-likeness (QED) is 0.903. The van der Waals surface area contributed by atoms with Crippen LogP contribution in [0.3, 0.4) is 0 Å². The molecule has 2 aromatic carbocycles. The van der Waals surface area contributed by atoms with Gasteiger partial charge in [-0.15, -0.1) is 0 Å². The van der Waals surface area contributed by atoms with E-state index in [9.17, 15) is 5.11 Å². The Morgan fingerprint density at radius 3 is 2.56 bits per heavy atom. The molecule has 0 bridgehead atoms. The van der Waals surface area contributed by atoms with Gasteiger partial charge < -0.3 is 10.0 Å². The first-order valence-electron chi connectivity index (χ1n) is 5.82. The second kappa shape index (κ2) is 5.32. The smallest absolute Gasteiger partial charge is 0.134 e. The fourth-order valence-electron chi connectivity index (χ4n) is 2.00. The summed E-state index contributed by atoms with van der Waals surface area (Å²) < 4.78 is 0. The topological polar surface area (TPSA) is 23.5 Å². The van der Waals surface area contributed by atoms with Crippen molar-refractivity contribution in [1.29, 1.82) is 0 Å². The number of nitrogens with zero attached hydrogens (tertiary/aromatic N) is 1. The maximum Gasteiger partial charge on any atom is 0.134 e. The summed E-state index contributed by atoms with van der Waals surface area (Å²) in [7, 11) is 2.04. The molecule has 0 aliphatic carbocycles. The number of phenolic OH excluding ortho intramolecular Hbond substituents is 1. The van der Waals surface area contributed by atoms with Gasteiger partial charge in [0.15, 0.2) is 0 Å². The second-order valence-electron chi connectivity index (χ2n) is 4.43. The first kappa shape index (κ1) is 12.8. The van der Waals surface area contributed by atoms with Crippen LogP contribution in [0.5, 0.6) is 5.75 Å². The monoisotopic (exact) mass is 261 g/mol. The normalized spacial score (nSPS) is 10.4. The van der Waals surface area contributed by atoms with Crippen LogP contribution in [0, 0.1) is 6.92 Å². The molecule has 0 aromatic heterocycles. The number of rotatable bonds is 3. The molecular weight excluding hydrogens is 246 g/mol. The molecule has 1 N–H and O–H groups in total. The molecule has 0 saturated carbocycles. The molecule has 3 heteroatoms. The van der Waals surface area contributed by atoms with Crippen molar-refractivity contribution in [3.63, 3.8) is 0 Å². The van der Waals surface area contributed by atoms with E-state index in [1.807, 2.05) is 25.2 Å². The van der Waals surface area contributed by atoms with E-state index < -0.39 is 0 Å². The Labute approximate surface area is 112 Å². The Morgan fingerprint density at radius 1 is 1.17 bits per heavy atom. The van der Waals surface area contributed by atoms with Crippen LogP contribution in [0.25, 0.3) is 0 Å². The molecule has 0 aliphatic rings. The molecule has 2 aromatic rings. The van der Waals surface area contributed by atoms with E-state index in [0.29, 0.717) is 5.02 Å². The van der Waals surface area contributed by atoms with Gasteiger partial charge in [0, 0.05) is 19.3 Å². The van der Waals surface area contributed by atoms with Crippen molar-refractivity contribution in [1.82, 2.24) is 0 Å². The Morgan fingerprint density at radius 2 is 1.89 bits per heavy atom. The minimum absolute atomic E-state index is 0.124. The summed E-state index contributed by atoms with van der Waals surface area (Å²) in [5, 5.41) is 9.79. The van der Waals surface area contributed by atoms with Gasteiger partial charge in [0.05, 0.1) is 5.02 Å². The molecule has 18 heavy (non-hydrogen) atoms. The molecule has 2 nitrogen and oxygen atoms in total. The zero-order valence-electron chi connectivity index (χ0n) is 10.5. The summed E-state index contributed by atoms with van der Waals surface area (Å²) in [6, 6.07) is 13.6. The lowest BCUT2D eigenvalue weighted by Crippen LogP contribution is -2.17. The Hall–Kier alpha value is -1.67. The molecule has 0 amide bonds. The van der Waals surface area contributed by atoms with Crippen molar-refractivity contribution in [2.75, 3.05) is 11.9 Å². The average Bonchev–Trinajstić information content (AvgIpc) is 2.34. The molecule has 0 unspecified atom stereocenters. The molecule has 2 rings (SSSR count). The van der Waals surface area contributed by atoms with Crippen molar-refractivity contribution in [3.8, 4) is 5.75 Å². The van der Waals surface area contributed by atoms with E-state index in [0.717, 1.165) is 12.1 Å². The summed E-state index contributed by atoms with van der Waals surface area (Å²) in [6.45, 7) is 2.85. The van der Waals surface area contributed by atoms with Gasteiger partial charge in [-0.05, 0) is 36.2 Å². The fourth-order valence-corrected chi connectivity index (χ4v) is 2.20. The standard InChI is InChI=1S/C15H16ClNO/c1-11-5-3-4-6-14(11)17(2)10-12-7-8-15(18)13(16)9-12/h3-9,18H,10H2,1-2H3. The van der Waals surface area contributed by atoms with Gasteiger partial charge in [-0.25, -0.2) is 0 Å². The molecule has 0 spiro atoms. The summed E-state index contributed by atoms with van der Waals surface area (Å²) >= 11 is 5.91. The van der Waals surface area contributed by atoms with Gasteiger partial charge in [0.2, 0.25) is 0 Å². The minimum Gasteiger partial charge on any atom is -0.506 e. The van der Waals surface area contributed by atoms with Crippen molar-refractivity contribution in [3.05, 3.63) is 58.6 Å². The molecule has 0 radical (unpaired) electrons. The van der Waals surface area contributed by atoms with Crippen molar-refractivity contribution < 1.29 is 5.11 Å². The highest BCUT2D eigenvalue weighted by molar-refractivity contribution is 6.32. The molecule has 0 heterocycles. The summed E-state index contributed by atoms with van der Waals surface area (Å²) in [5.41, 5.74) is 3.51. The SMILES string of the molecule is Cc1ccccc1N(C)Cc1ccc(O)c(Cl)c1. The van der Waals surface area contributed by atoms with E-state index >= 15 is 0 Å². The van der Waals surface area contributed by atoms with Gasteiger partial charge in [0.25, 0.3) is 0 Å². The van der Waals surface area contributed by atoms with Gasteiger partial charge in [-0.1, -0.05) is 35.9 Å². The zero-order valence-corrected chi connectivity index (χ0v) is 11.3. The number of halogens is 1. The van der Waals surface area contributed by atoms with E-state index in [1.165, 1.54) is 11.3 Å². The maximum atomic E-state index is 9.39. The number of anilines is 1. The van der Waals surface area contributed by atoms with Crippen molar-refractivity contribution in [2.45, 2.75) is 13.5 Å². The third-order valence-electron chi connectivity index (χ3n) is 2.96. The lowest BCUT2D eigenvalue weighted by molar-refractivity contribution is 0.475. The molecule has 0 fully saturated rings. The zero-order chi connectivity index (χ0) is 13.1. The van der Waals surface area contributed by atoms with E-state index in [2.05, 4.69) is 24.0 Å². The number of benzene rings is 2. The predicted octanol–water partition coefficient (Wildman–Crippen LogP) is 3.99. The number of hydrogen-bond acceptors (Lipinski definition) is 2. The first-order valence-corrected chi connectivity index (χ1v) is 6.20. The number of aryl methyl sites for hydroxylation is 1. The molecule has 94 valence electrons. The van der Waals surface area contributed by atoms with Crippen LogP contribution in [0.4, 0.5) is 5.69 Å². The maximum absolute atomic E-state index is 9.39. The fraction of sp³-hybridized carbons (Fsp3) is 0.200.